The molecule has 0 aliphatic rings. The lowest BCUT2D eigenvalue weighted by atomic mass is 10.2. The molecule has 0 spiro atoms. The second-order valence-electron chi connectivity index (χ2n) is 7.20. The number of para-hydroxylation sites is 1. The third kappa shape index (κ3) is 5.48. The van der Waals surface area contributed by atoms with Gasteiger partial charge in [0.15, 0.2) is 11.6 Å². The van der Waals surface area contributed by atoms with Crippen molar-refractivity contribution >= 4 is 15.8 Å². The minimum atomic E-state index is -4.94. The molecule has 0 aliphatic heterocycles. The van der Waals surface area contributed by atoms with Gasteiger partial charge in [-0.2, -0.15) is 23.1 Å². The summed E-state index contributed by atoms with van der Waals surface area (Å²) >= 11 is 0. The number of hydrogen-bond acceptors (Lipinski definition) is 6. The van der Waals surface area contributed by atoms with E-state index < -0.39 is 44.6 Å². The molecule has 0 aliphatic carbocycles. The van der Waals surface area contributed by atoms with Crippen LogP contribution in [0.25, 0.3) is 11.3 Å². The SMILES string of the molecule is CC(C)S(=O)(=O)Nc1cc(-c2ccc(=O)n(C)c2)nc(Oc2c(F)cccc2C(F)(F)F)n1. The number of benzene rings is 1. The van der Waals surface area contributed by atoms with Crippen LogP contribution in [0.5, 0.6) is 11.8 Å². The van der Waals surface area contributed by atoms with Crippen molar-refractivity contribution in [1.29, 1.82) is 0 Å². The highest BCUT2D eigenvalue weighted by Gasteiger charge is 2.36. The van der Waals surface area contributed by atoms with Crippen molar-refractivity contribution in [2.75, 3.05) is 4.72 Å². The number of anilines is 1. The first kappa shape index (κ1) is 24.2. The summed E-state index contributed by atoms with van der Waals surface area (Å²) in [7, 11) is -2.44. The summed E-state index contributed by atoms with van der Waals surface area (Å²) in [6.07, 6.45) is -3.56. The van der Waals surface area contributed by atoms with E-state index >= 15 is 0 Å². The second kappa shape index (κ2) is 8.81. The molecule has 3 aromatic rings. The van der Waals surface area contributed by atoms with Crippen molar-refractivity contribution in [3.63, 3.8) is 0 Å². The Kier molecular flexibility index (Phi) is 6.45. The Morgan fingerprint density at radius 3 is 2.42 bits per heavy atom. The fourth-order valence-corrected chi connectivity index (χ4v) is 3.24. The van der Waals surface area contributed by atoms with Crippen molar-refractivity contribution in [2.24, 2.45) is 7.05 Å². The van der Waals surface area contributed by atoms with Gasteiger partial charge in [-0.25, -0.2) is 12.8 Å². The summed E-state index contributed by atoms with van der Waals surface area (Å²) < 4.78 is 87.3. The lowest BCUT2D eigenvalue weighted by molar-refractivity contribution is -0.138. The van der Waals surface area contributed by atoms with E-state index in [0.29, 0.717) is 11.6 Å². The van der Waals surface area contributed by atoms with Gasteiger partial charge in [0.05, 0.1) is 10.9 Å². The molecule has 0 fully saturated rings. The van der Waals surface area contributed by atoms with Crippen LogP contribution < -0.4 is 15.0 Å². The van der Waals surface area contributed by atoms with Gasteiger partial charge in [-0.3, -0.25) is 9.52 Å². The van der Waals surface area contributed by atoms with Crippen molar-refractivity contribution in [3.8, 4) is 23.0 Å². The van der Waals surface area contributed by atoms with E-state index in [1.165, 1.54) is 49.9 Å². The van der Waals surface area contributed by atoms with Gasteiger partial charge in [0.2, 0.25) is 15.6 Å². The molecule has 0 unspecified atom stereocenters. The molecule has 1 aromatic carbocycles. The molecule has 0 amide bonds. The van der Waals surface area contributed by atoms with Crippen LogP contribution in [0.15, 0.2) is 47.4 Å². The first-order valence-corrected chi connectivity index (χ1v) is 10.9. The Labute approximate surface area is 185 Å². The maximum absolute atomic E-state index is 14.2. The summed E-state index contributed by atoms with van der Waals surface area (Å²) in [6, 6.07) is 5.32. The van der Waals surface area contributed by atoms with Crippen molar-refractivity contribution in [3.05, 3.63) is 64.3 Å². The normalized spacial score (nSPS) is 12.1. The molecule has 2 heterocycles. The molecule has 33 heavy (non-hydrogen) atoms. The van der Waals surface area contributed by atoms with E-state index in [4.69, 9.17) is 4.74 Å². The van der Waals surface area contributed by atoms with Gasteiger partial charge < -0.3 is 9.30 Å². The van der Waals surface area contributed by atoms with Crippen molar-refractivity contribution in [1.82, 2.24) is 14.5 Å². The van der Waals surface area contributed by atoms with Gasteiger partial charge >= 0.3 is 12.2 Å². The zero-order valence-corrected chi connectivity index (χ0v) is 18.3. The maximum atomic E-state index is 14.2. The maximum Gasteiger partial charge on any atom is 0.420 e. The number of aromatic nitrogens is 3. The number of rotatable bonds is 6. The van der Waals surface area contributed by atoms with E-state index in [-0.39, 0.29) is 17.1 Å². The summed E-state index contributed by atoms with van der Waals surface area (Å²) in [5.41, 5.74) is -1.42. The summed E-state index contributed by atoms with van der Waals surface area (Å²) in [4.78, 5) is 19.5. The molecule has 8 nitrogen and oxygen atoms in total. The van der Waals surface area contributed by atoms with E-state index in [1.54, 1.807) is 0 Å². The van der Waals surface area contributed by atoms with Gasteiger partial charge in [-0.05, 0) is 32.0 Å². The first-order valence-electron chi connectivity index (χ1n) is 9.39. The molecule has 13 heteroatoms. The van der Waals surface area contributed by atoms with Crippen LogP contribution in [0.3, 0.4) is 0 Å². The third-order valence-electron chi connectivity index (χ3n) is 4.42. The molecule has 0 atom stereocenters. The summed E-state index contributed by atoms with van der Waals surface area (Å²) in [6.45, 7) is 2.81. The number of sulfonamides is 1. The van der Waals surface area contributed by atoms with E-state index in [0.717, 1.165) is 12.1 Å². The zero-order valence-electron chi connectivity index (χ0n) is 17.5. The minimum Gasteiger partial charge on any atom is -0.420 e. The summed E-state index contributed by atoms with van der Waals surface area (Å²) in [5.74, 6) is -2.80. The Morgan fingerprint density at radius 1 is 1.12 bits per heavy atom. The van der Waals surface area contributed by atoms with Gasteiger partial charge in [0.25, 0.3) is 0 Å². The smallest absolute Gasteiger partial charge is 0.420 e. The van der Waals surface area contributed by atoms with E-state index in [1.807, 2.05) is 0 Å². The number of alkyl halides is 3. The lowest BCUT2D eigenvalue weighted by Gasteiger charge is -2.15. The van der Waals surface area contributed by atoms with Gasteiger partial charge in [0.1, 0.15) is 11.4 Å². The van der Waals surface area contributed by atoms with Crippen LogP contribution in [0.2, 0.25) is 0 Å². The van der Waals surface area contributed by atoms with Crippen molar-refractivity contribution in [2.45, 2.75) is 25.3 Å². The van der Waals surface area contributed by atoms with Gasteiger partial charge in [0, 0.05) is 30.9 Å². The fourth-order valence-electron chi connectivity index (χ4n) is 2.61. The third-order valence-corrected chi connectivity index (χ3v) is 6.16. The monoisotopic (exact) mass is 486 g/mol. The van der Waals surface area contributed by atoms with Crippen LogP contribution in [0.4, 0.5) is 23.4 Å². The van der Waals surface area contributed by atoms with Crippen LogP contribution in [0.1, 0.15) is 19.4 Å². The Morgan fingerprint density at radius 2 is 1.82 bits per heavy atom. The molecule has 0 bridgehead atoms. The molecule has 0 radical (unpaired) electrons. The zero-order chi connectivity index (χ0) is 24.6. The van der Waals surface area contributed by atoms with Crippen molar-refractivity contribution < 1.29 is 30.7 Å². The molecule has 1 N–H and O–H groups in total. The number of nitrogens with zero attached hydrogens (tertiary/aromatic N) is 3. The fraction of sp³-hybridized carbons (Fsp3) is 0.250. The largest absolute Gasteiger partial charge is 0.420 e. The number of nitrogens with one attached hydrogen (secondary N) is 1. The molecule has 0 saturated heterocycles. The highest BCUT2D eigenvalue weighted by Crippen LogP contribution is 2.39. The standard InChI is InChI=1S/C20H18F4N4O4S/c1-11(2)33(30,31)27-16-9-15(12-7-8-17(29)28(3)10-12)25-19(26-16)32-18-13(20(22,23)24)5-4-6-14(18)21/h4-11H,1-3H3,(H,25,26,27). The quantitative estimate of drug-likeness (QED) is 0.530. The predicted octanol–water partition coefficient (Wildman–Crippen LogP) is 3.94. The highest BCUT2D eigenvalue weighted by molar-refractivity contribution is 7.93. The molecule has 3 rings (SSSR count). The lowest BCUT2D eigenvalue weighted by Crippen LogP contribution is -2.23. The number of pyridine rings is 1. The van der Waals surface area contributed by atoms with Crippen LogP contribution in [-0.2, 0) is 23.2 Å². The molecule has 176 valence electrons. The van der Waals surface area contributed by atoms with E-state index in [2.05, 4.69) is 14.7 Å². The van der Waals surface area contributed by atoms with Crippen LogP contribution >= 0.6 is 0 Å². The number of halogens is 4. The number of ether oxygens (including phenoxy) is 1. The van der Waals surface area contributed by atoms with E-state index in [9.17, 15) is 30.8 Å². The van der Waals surface area contributed by atoms with Crippen LogP contribution in [0, 0.1) is 5.82 Å². The first-order chi connectivity index (χ1) is 15.3. The highest BCUT2D eigenvalue weighted by atomic mass is 32.2. The Hall–Kier alpha value is -3.48. The minimum absolute atomic E-state index is 0.0157. The topological polar surface area (TPSA) is 103 Å². The summed E-state index contributed by atoms with van der Waals surface area (Å²) in [5, 5.41) is -0.860. The average molecular weight is 486 g/mol. The van der Waals surface area contributed by atoms with Gasteiger partial charge in [-0.15, -0.1) is 0 Å². The average Bonchev–Trinajstić information content (AvgIpc) is 2.70. The Balaban J connectivity index is 2.17. The predicted molar refractivity (Wildman–Crippen MR) is 112 cm³/mol. The molecule has 2 aromatic heterocycles. The Bertz CT molecular complexity index is 1350. The van der Waals surface area contributed by atoms with Crippen LogP contribution in [-0.4, -0.2) is 28.2 Å². The second-order valence-corrected chi connectivity index (χ2v) is 9.44. The number of hydrogen-bond donors (Lipinski definition) is 1. The molecular formula is C20H18F4N4O4S. The molecule has 0 saturated carbocycles. The van der Waals surface area contributed by atoms with Gasteiger partial charge in [-0.1, -0.05) is 6.07 Å². The molecular weight excluding hydrogens is 468 g/mol. The number of aryl methyl sites for hydroxylation is 1.